The standard InChI is InChI=1S/C11H19N3O4/c1-5-6(12-10(16)17)7(15)8-13-9(18-14-8)11(2,3)4/h6-7,12,15H,5H2,1-4H3,(H,16,17)/t6-,7?/m0/s1. The van der Waals surface area contributed by atoms with E-state index in [1.54, 1.807) is 6.92 Å². The maximum Gasteiger partial charge on any atom is 0.404 e. The van der Waals surface area contributed by atoms with Crippen LogP contribution in [0.25, 0.3) is 0 Å². The lowest BCUT2D eigenvalue weighted by Crippen LogP contribution is -2.38. The average molecular weight is 257 g/mol. The molecule has 0 aliphatic carbocycles. The molecular formula is C11H19N3O4. The number of hydrogen-bond donors (Lipinski definition) is 3. The Morgan fingerprint density at radius 2 is 2.11 bits per heavy atom. The van der Waals surface area contributed by atoms with Crippen molar-refractivity contribution in [1.82, 2.24) is 15.5 Å². The minimum atomic E-state index is -1.19. The zero-order valence-corrected chi connectivity index (χ0v) is 11.0. The zero-order valence-electron chi connectivity index (χ0n) is 11.0. The van der Waals surface area contributed by atoms with Gasteiger partial charge in [-0.25, -0.2) is 4.79 Å². The fourth-order valence-corrected chi connectivity index (χ4v) is 1.40. The molecule has 0 spiro atoms. The molecule has 0 radical (unpaired) electrons. The summed E-state index contributed by atoms with van der Waals surface area (Å²) in [5.74, 6) is 0.502. The molecule has 1 aromatic rings. The highest BCUT2D eigenvalue weighted by atomic mass is 16.5. The van der Waals surface area contributed by atoms with Crippen molar-refractivity contribution >= 4 is 6.09 Å². The molecular weight excluding hydrogens is 238 g/mol. The Morgan fingerprint density at radius 3 is 2.50 bits per heavy atom. The fourth-order valence-electron chi connectivity index (χ4n) is 1.40. The lowest BCUT2D eigenvalue weighted by Gasteiger charge is -2.18. The molecule has 7 nitrogen and oxygen atoms in total. The number of aliphatic hydroxyl groups excluding tert-OH is 1. The van der Waals surface area contributed by atoms with Crippen LogP contribution in [0.2, 0.25) is 0 Å². The minimum Gasteiger partial charge on any atom is -0.465 e. The van der Waals surface area contributed by atoms with Crippen LogP contribution in [0.15, 0.2) is 4.52 Å². The molecule has 0 aromatic carbocycles. The molecule has 0 bridgehead atoms. The number of hydrogen-bond acceptors (Lipinski definition) is 5. The van der Waals surface area contributed by atoms with Gasteiger partial charge in [0.05, 0.1) is 6.04 Å². The number of nitrogens with one attached hydrogen (secondary N) is 1. The van der Waals surface area contributed by atoms with Gasteiger partial charge in [-0.05, 0) is 6.42 Å². The molecule has 3 N–H and O–H groups in total. The topological polar surface area (TPSA) is 108 Å². The van der Waals surface area contributed by atoms with E-state index in [9.17, 15) is 9.90 Å². The minimum absolute atomic E-state index is 0.0977. The molecule has 0 aliphatic rings. The van der Waals surface area contributed by atoms with Crippen molar-refractivity contribution < 1.29 is 19.5 Å². The van der Waals surface area contributed by atoms with Crippen LogP contribution >= 0.6 is 0 Å². The van der Waals surface area contributed by atoms with Gasteiger partial charge in [0, 0.05) is 5.41 Å². The van der Waals surface area contributed by atoms with E-state index in [-0.39, 0.29) is 11.2 Å². The van der Waals surface area contributed by atoms with Crippen LogP contribution < -0.4 is 5.32 Å². The Morgan fingerprint density at radius 1 is 1.50 bits per heavy atom. The number of carbonyl (C=O) groups is 1. The van der Waals surface area contributed by atoms with Gasteiger partial charge in [-0.3, -0.25) is 0 Å². The maximum atomic E-state index is 10.6. The van der Waals surface area contributed by atoms with E-state index in [0.717, 1.165) is 0 Å². The molecule has 0 saturated carbocycles. The summed E-state index contributed by atoms with van der Waals surface area (Å²) in [6.07, 6.45) is -1.89. The monoisotopic (exact) mass is 257 g/mol. The Hall–Kier alpha value is -1.63. The molecule has 1 heterocycles. The summed E-state index contributed by atoms with van der Waals surface area (Å²) >= 11 is 0. The van der Waals surface area contributed by atoms with Crippen LogP contribution in [0, 0.1) is 0 Å². The van der Waals surface area contributed by atoms with Crippen LogP contribution in [-0.2, 0) is 5.41 Å². The van der Waals surface area contributed by atoms with E-state index in [1.165, 1.54) is 0 Å². The molecule has 7 heteroatoms. The van der Waals surface area contributed by atoms with Gasteiger partial charge in [-0.2, -0.15) is 4.98 Å². The number of nitrogens with zero attached hydrogens (tertiary/aromatic N) is 2. The molecule has 0 aliphatic heterocycles. The van der Waals surface area contributed by atoms with E-state index in [1.807, 2.05) is 20.8 Å². The van der Waals surface area contributed by atoms with Crippen LogP contribution in [0.5, 0.6) is 0 Å². The second-order valence-electron chi connectivity index (χ2n) is 5.12. The number of carboxylic acid groups (broad SMARTS) is 1. The number of aliphatic hydroxyl groups is 1. The van der Waals surface area contributed by atoms with Crippen molar-refractivity contribution in [2.24, 2.45) is 0 Å². The largest absolute Gasteiger partial charge is 0.465 e. The third-order valence-corrected chi connectivity index (χ3v) is 2.48. The maximum absolute atomic E-state index is 10.6. The Labute approximate surface area is 105 Å². The van der Waals surface area contributed by atoms with Gasteiger partial charge < -0.3 is 20.1 Å². The number of amides is 1. The molecule has 1 aromatic heterocycles. The molecule has 1 rings (SSSR count). The lowest BCUT2D eigenvalue weighted by molar-refractivity contribution is 0.109. The van der Waals surface area contributed by atoms with E-state index in [2.05, 4.69) is 15.5 Å². The van der Waals surface area contributed by atoms with Crippen molar-refractivity contribution in [3.05, 3.63) is 11.7 Å². The molecule has 0 saturated heterocycles. The third kappa shape index (κ3) is 3.43. The van der Waals surface area contributed by atoms with Gasteiger partial charge in [-0.1, -0.05) is 32.9 Å². The van der Waals surface area contributed by atoms with Crippen LogP contribution in [0.1, 0.15) is 51.9 Å². The molecule has 2 atom stereocenters. The van der Waals surface area contributed by atoms with Crippen molar-refractivity contribution in [3.8, 4) is 0 Å². The van der Waals surface area contributed by atoms with Crippen LogP contribution in [0.3, 0.4) is 0 Å². The van der Waals surface area contributed by atoms with Gasteiger partial charge in [0.1, 0.15) is 6.10 Å². The predicted octanol–water partition coefficient (Wildman–Crippen LogP) is 1.45. The first kappa shape index (κ1) is 14.4. The van der Waals surface area contributed by atoms with Crippen molar-refractivity contribution in [1.29, 1.82) is 0 Å². The van der Waals surface area contributed by atoms with Gasteiger partial charge in [0.15, 0.2) is 0 Å². The Kier molecular flexibility index (Phi) is 4.28. The van der Waals surface area contributed by atoms with E-state index >= 15 is 0 Å². The van der Waals surface area contributed by atoms with Crippen LogP contribution in [-0.4, -0.2) is 32.5 Å². The summed E-state index contributed by atoms with van der Waals surface area (Å²) in [6, 6.07) is -0.659. The van der Waals surface area contributed by atoms with Gasteiger partial charge in [0.2, 0.25) is 11.7 Å². The summed E-state index contributed by atoms with van der Waals surface area (Å²) in [5.41, 5.74) is -0.313. The highest BCUT2D eigenvalue weighted by Crippen LogP contribution is 2.23. The number of aromatic nitrogens is 2. The van der Waals surface area contributed by atoms with Crippen molar-refractivity contribution in [3.63, 3.8) is 0 Å². The normalized spacial score (nSPS) is 15.2. The molecule has 1 unspecified atom stereocenters. The van der Waals surface area contributed by atoms with Gasteiger partial charge >= 0.3 is 6.09 Å². The molecule has 18 heavy (non-hydrogen) atoms. The summed E-state index contributed by atoms with van der Waals surface area (Å²) in [7, 11) is 0. The summed E-state index contributed by atoms with van der Waals surface area (Å²) in [6.45, 7) is 7.48. The van der Waals surface area contributed by atoms with E-state index in [4.69, 9.17) is 9.63 Å². The van der Waals surface area contributed by atoms with Gasteiger partial charge in [-0.15, -0.1) is 0 Å². The summed E-state index contributed by atoms with van der Waals surface area (Å²) in [4.78, 5) is 14.7. The highest BCUT2D eigenvalue weighted by molar-refractivity contribution is 5.64. The number of rotatable bonds is 4. The second-order valence-corrected chi connectivity index (χ2v) is 5.12. The highest BCUT2D eigenvalue weighted by Gasteiger charge is 2.28. The molecule has 102 valence electrons. The van der Waals surface area contributed by atoms with Crippen LogP contribution in [0.4, 0.5) is 4.79 Å². The molecule has 1 amide bonds. The third-order valence-electron chi connectivity index (χ3n) is 2.48. The summed E-state index contributed by atoms with van der Waals surface area (Å²) < 4.78 is 5.05. The molecule has 0 fully saturated rings. The first-order valence-corrected chi connectivity index (χ1v) is 5.77. The quantitative estimate of drug-likeness (QED) is 0.753. The first-order valence-electron chi connectivity index (χ1n) is 5.77. The predicted molar refractivity (Wildman–Crippen MR) is 63.2 cm³/mol. The van der Waals surface area contributed by atoms with E-state index < -0.39 is 18.2 Å². The summed E-state index contributed by atoms with van der Waals surface area (Å²) in [5, 5.41) is 24.6. The Balaban J connectivity index is 2.85. The fraction of sp³-hybridized carbons (Fsp3) is 0.727. The zero-order chi connectivity index (χ0) is 13.9. The van der Waals surface area contributed by atoms with Gasteiger partial charge in [0.25, 0.3) is 0 Å². The van der Waals surface area contributed by atoms with Crippen molar-refractivity contribution in [2.45, 2.75) is 51.7 Å². The smallest absolute Gasteiger partial charge is 0.404 e. The lowest BCUT2D eigenvalue weighted by atomic mass is 9.97. The first-order chi connectivity index (χ1) is 8.25. The Bertz CT molecular complexity index is 411. The van der Waals surface area contributed by atoms with E-state index in [0.29, 0.717) is 12.3 Å². The van der Waals surface area contributed by atoms with Crippen molar-refractivity contribution in [2.75, 3.05) is 0 Å². The SMILES string of the molecule is CC[C@H](NC(=O)O)C(O)c1noc(C(C)(C)C)n1. The second kappa shape index (κ2) is 5.34. The average Bonchev–Trinajstić information content (AvgIpc) is 2.73.